The maximum Gasteiger partial charge on any atom is 0.224 e. The van der Waals surface area contributed by atoms with Gasteiger partial charge < -0.3 is 10.6 Å². The summed E-state index contributed by atoms with van der Waals surface area (Å²) >= 11 is 6.03. The molecule has 102 valence electrons. The van der Waals surface area contributed by atoms with Crippen LogP contribution in [0.15, 0.2) is 6.20 Å². The molecule has 0 spiro atoms. The summed E-state index contributed by atoms with van der Waals surface area (Å²) in [7, 11) is -0.775. The van der Waals surface area contributed by atoms with Crippen molar-refractivity contribution in [3.63, 3.8) is 0 Å². The molecule has 0 aliphatic heterocycles. The van der Waals surface area contributed by atoms with Gasteiger partial charge in [-0.05, 0) is 20.3 Å². The summed E-state index contributed by atoms with van der Waals surface area (Å²) in [5, 5.41) is 6.72. The molecule has 0 aliphatic carbocycles. The quantitative estimate of drug-likeness (QED) is 0.805. The zero-order chi connectivity index (χ0) is 13.5. The Labute approximate surface area is 115 Å². The minimum Gasteiger partial charge on any atom is -0.366 e. The minimum absolute atomic E-state index is 0.163. The second kappa shape index (κ2) is 7.53. The van der Waals surface area contributed by atoms with Crippen LogP contribution in [0.3, 0.4) is 0 Å². The van der Waals surface area contributed by atoms with Crippen LogP contribution >= 0.6 is 11.6 Å². The van der Waals surface area contributed by atoms with E-state index >= 15 is 0 Å². The SMILES string of the molecule is CCNc1ncc(Cl)c(NC(C)CCS(C)=O)n1. The van der Waals surface area contributed by atoms with Crippen LogP contribution in [0.4, 0.5) is 11.8 Å². The molecule has 0 aliphatic rings. The summed E-state index contributed by atoms with van der Waals surface area (Å²) in [6.07, 6.45) is 4.08. The molecule has 1 heterocycles. The number of hydrogen-bond donors (Lipinski definition) is 2. The van der Waals surface area contributed by atoms with Crippen LogP contribution < -0.4 is 10.6 Å². The molecule has 1 aromatic rings. The Morgan fingerprint density at radius 3 is 2.89 bits per heavy atom. The molecular formula is C11H19ClN4OS. The van der Waals surface area contributed by atoms with E-state index in [2.05, 4.69) is 20.6 Å². The van der Waals surface area contributed by atoms with E-state index in [-0.39, 0.29) is 6.04 Å². The standard InChI is InChI=1S/C11H19ClN4OS/c1-4-13-11-14-7-9(12)10(16-11)15-8(2)5-6-18(3)17/h7-8H,4-6H2,1-3H3,(H2,13,14,15,16). The van der Waals surface area contributed by atoms with Crippen LogP contribution in [-0.2, 0) is 10.8 Å². The Kier molecular flexibility index (Phi) is 6.35. The van der Waals surface area contributed by atoms with Gasteiger partial charge in [-0.2, -0.15) is 4.98 Å². The summed E-state index contributed by atoms with van der Waals surface area (Å²) in [5.74, 6) is 1.82. The number of aromatic nitrogens is 2. The first-order valence-corrected chi connectivity index (χ1v) is 7.96. The van der Waals surface area contributed by atoms with Gasteiger partial charge in [0.15, 0.2) is 5.82 Å². The van der Waals surface area contributed by atoms with E-state index in [1.807, 2.05) is 13.8 Å². The highest BCUT2D eigenvalue weighted by atomic mass is 35.5. The number of halogens is 1. The molecule has 0 saturated carbocycles. The van der Waals surface area contributed by atoms with Crippen molar-refractivity contribution < 1.29 is 4.21 Å². The molecule has 2 N–H and O–H groups in total. The largest absolute Gasteiger partial charge is 0.366 e. The first-order valence-electron chi connectivity index (χ1n) is 5.86. The molecule has 2 atom stereocenters. The third kappa shape index (κ3) is 5.18. The van der Waals surface area contributed by atoms with E-state index in [0.29, 0.717) is 22.5 Å². The van der Waals surface area contributed by atoms with Gasteiger partial charge in [0.2, 0.25) is 5.95 Å². The predicted octanol–water partition coefficient (Wildman–Crippen LogP) is 2.13. The Morgan fingerprint density at radius 1 is 1.56 bits per heavy atom. The van der Waals surface area contributed by atoms with Crippen LogP contribution in [0.1, 0.15) is 20.3 Å². The Hall–Kier alpha value is -0.880. The van der Waals surface area contributed by atoms with E-state index in [1.54, 1.807) is 12.5 Å². The topological polar surface area (TPSA) is 66.9 Å². The maximum atomic E-state index is 11.0. The average molecular weight is 291 g/mol. The molecule has 0 bridgehead atoms. The fourth-order valence-corrected chi connectivity index (χ4v) is 2.19. The van der Waals surface area contributed by atoms with Gasteiger partial charge in [0.05, 0.1) is 6.20 Å². The molecule has 18 heavy (non-hydrogen) atoms. The normalized spacial score (nSPS) is 14.0. The maximum absolute atomic E-state index is 11.0. The lowest BCUT2D eigenvalue weighted by Crippen LogP contribution is -2.19. The van der Waals surface area contributed by atoms with E-state index in [0.717, 1.165) is 13.0 Å². The van der Waals surface area contributed by atoms with Gasteiger partial charge in [0.1, 0.15) is 5.02 Å². The molecule has 1 rings (SSSR count). The second-order valence-corrected chi connectivity index (χ2v) is 5.99. The number of rotatable bonds is 7. The lowest BCUT2D eigenvalue weighted by molar-refractivity contribution is 0.678. The van der Waals surface area contributed by atoms with Crippen molar-refractivity contribution in [2.45, 2.75) is 26.3 Å². The van der Waals surface area contributed by atoms with Gasteiger partial charge in [-0.1, -0.05) is 11.6 Å². The highest BCUT2D eigenvalue weighted by molar-refractivity contribution is 7.84. The molecule has 5 nitrogen and oxygen atoms in total. The fourth-order valence-electron chi connectivity index (χ4n) is 1.36. The van der Waals surface area contributed by atoms with Crippen LogP contribution in [0.2, 0.25) is 5.02 Å². The predicted molar refractivity (Wildman–Crippen MR) is 77.8 cm³/mol. The molecular weight excluding hydrogens is 272 g/mol. The van der Waals surface area contributed by atoms with Crippen molar-refractivity contribution >= 4 is 34.2 Å². The smallest absolute Gasteiger partial charge is 0.224 e. The third-order valence-electron chi connectivity index (χ3n) is 2.30. The van der Waals surface area contributed by atoms with Crippen molar-refractivity contribution in [1.82, 2.24) is 9.97 Å². The highest BCUT2D eigenvalue weighted by Crippen LogP contribution is 2.20. The van der Waals surface area contributed by atoms with Crippen LogP contribution in [0, 0.1) is 0 Å². The third-order valence-corrected chi connectivity index (χ3v) is 3.39. The average Bonchev–Trinajstić information content (AvgIpc) is 2.31. The van der Waals surface area contributed by atoms with Crippen molar-refractivity contribution in [3.8, 4) is 0 Å². The zero-order valence-electron chi connectivity index (χ0n) is 10.9. The van der Waals surface area contributed by atoms with Crippen molar-refractivity contribution in [2.24, 2.45) is 0 Å². The molecule has 0 radical (unpaired) electrons. The summed E-state index contributed by atoms with van der Waals surface area (Å²) in [6.45, 7) is 4.74. The number of nitrogens with one attached hydrogen (secondary N) is 2. The molecule has 0 fully saturated rings. The van der Waals surface area contributed by atoms with Gasteiger partial charge in [0.25, 0.3) is 0 Å². The zero-order valence-corrected chi connectivity index (χ0v) is 12.4. The van der Waals surface area contributed by atoms with Crippen LogP contribution in [-0.4, -0.2) is 38.8 Å². The van der Waals surface area contributed by atoms with E-state index in [1.165, 1.54) is 0 Å². The Balaban J connectivity index is 2.64. The van der Waals surface area contributed by atoms with Gasteiger partial charge in [0, 0.05) is 35.4 Å². The lowest BCUT2D eigenvalue weighted by atomic mass is 10.2. The molecule has 0 amide bonds. The van der Waals surface area contributed by atoms with Crippen LogP contribution in [0.25, 0.3) is 0 Å². The molecule has 0 aromatic carbocycles. The lowest BCUT2D eigenvalue weighted by Gasteiger charge is -2.15. The van der Waals surface area contributed by atoms with Gasteiger partial charge in [-0.15, -0.1) is 0 Å². The van der Waals surface area contributed by atoms with Gasteiger partial charge >= 0.3 is 0 Å². The second-order valence-electron chi connectivity index (χ2n) is 4.03. The summed E-state index contributed by atoms with van der Waals surface area (Å²) in [4.78, 5) is 8.36. The van der Waals surface area contributed by atoms with Gasteiger partial charge in [-0.3, -0.25) is 4.21 Å². The Bertz CT molecular complexity index is 416. The number of nitrogens with zero attached hydrogens (tertiary/aromatic N) is 2. The fraction of sp³-hybridized carbons (Fsp3) is 0.636. The molecule has 7 heteroatoms. The van der Waals surface area contributed by atoms with E-state index in [9.17, 15) is 4.21 Å². The summed E-state index contributed by atoms with van der Waals surface area (Å²) < 4.78 is 11.0. The highest BCUT2D eigenvalue weighted by Gasteiger charge is 2.09. The summed E-state index contributed by atoms with van der Waals surface area (Å²) in [6, 6.07) is 0.163. The van der Waals surface area contributed by atoms with Crippen molar-refractivity contribution in [1.29, 1.82) is 0 Å². The Morgan fingerprint density at radius 2 is 2.28 bits per heavy atom. The minimum atomic E-state index is -0.775. The van der Waals surface area contributed by atoms with E-state index < -0.39 is 10.8 Å². The molecule has 1 aromatic heterocycles. The van der Waals surface area contributed by atoms with Crippen LogP contribution in [0.5, 0.6) is 0 Å². The number of anilines is 2. The van der Waals surface area contributed by atoms with Crippen molar-refractivity contribution in [3.05, 3.63) is 11.2 Å². The molecule has 2 unspecified atom stereocenters. The molecule has 0 saturated heterocycles. The number of hydrogen-bond acceptors (Lipinski definition) is 5. The van der Waals surface area contributed by atoms with E-state index in [4.69, 9.17) is 11.6 Å². The first kappa shape index (κ1) is 15.2. The summed E-state index contributed by atoms with van der Waals surface area (Å²) in [5.41, 5.74) is 0. The first-order chi connectivity index (χ1) is 8.52. The van der Waals surface area contributed by atoms with Gasteiger partial charge in [-0.25, -0.2) is 4.98 Å². The van der Waals surface area contributed by atoms with Crippen molar-refractivity contribution in [2.75, 3.05) is 29.2 Å². The monoisotopic (exact) mass is 290 g/mol.